The number of hydrogen-bond donors (Lipinski definition) is 0. The van der Waals surface area contributed by atoms with Crippen LogP contribution in [0.5, 0.6) is 0 Å². The quantitative estimate of drug-likeness (QED) is 0.776. The first kappa shape index (κ1) is 14.6. The van der Waals surface area contributed by atoms with Gasteiger partial charge in [0.1, 0.15) is 5.82 Å². The van der Waals surface area contributed by atoms with Crippen LogP contribution in [0.2, 0.25) is 0 Å². The standard InChI is InChI=1S/C16H16FNOS/c1-2-18(14-6-4-3-5-7-14)16(19)12-20-15-10-8-13(17)9-11-15/h3-11H,2,12H2,1H3. The maximum Gasteiger partial charge on any atom is 0.237 e. The average molecular weight is 289 g/mol. The predicted octanol–water partition coefficient (Wildman–Crippen LogP) is 3.97. The molecule has 0 atom stereocenters. The van der Waals surface area contributed by atoms with Gasteiger partial charge in [-0.2, -0.15) is 0 Å². The van der Waals surface area contributed by atoms with Crippen LogP contribution < -0.4 is 4.90 Å². The third kappa shape index (κ3) is 3.84. The molecular weight excluding hydrogens is 273 g/mol. The number of benzene rings is 2. The number of carbonyl (C=O) groups excluding carboxylic acids is 1. The molecule has 0 aliphatic carbocycles. The molecule has 104 valence electrons. The lowest BCUT2D eigenvalue weighted by atomic mass is 10.3. The highest BCUT2D eigenvalue weighted by atomic mass is 32.2. The fraction of sp³-hybridized carbons (Fsp3) is 0.188. The van der Waals surface area contributed by atoms with Crippen molar-refractivity contribution < 1.29 is 9.18 Å². The van der Waals surface area contributed by atoms with Crippen LogP contribution in [-0.2, 0) is 4.79 Å². The zero-order chi connectivity index (χ0) is 14.4. The average Bonchev–Trinajstić information content (AvgIpc) is 2.48. The van der Waals surface area contributed by atoms with Crippen LogP contribution in [0.25, 0.3) is 0 Å². The molecule has 0 aromatic heterocycles. The fourth-order valence-corrected chi connectivity index (χ4v) is 2.64. The predicted molar refractivity (Wildman–Crippen MR) is 81.6 cm³/mol. The first-order chi connectivity index (χ1) is 9.70. The third-order valence-electron chi connectivity index (χ3n) is 2.86. The number of carbonyl (C=O) groups is 1. The minimum atomic E-state index is -0.264. The number of para-hydroxylation sites is 1. The Labute approximate surface area is 122 Å². The van der Waals surface area contributed by atoms with Gasteiger partial charge in [0, 0.05) is 17.1 Å². The summed E-state index contributed by atoms with van der Waals surface area (Å²) < 4.78 is 12.8. The Balaban J connectivity index is 1.98. The lowest BCUT2D eigenvalue weighted by Gasteiger charge is -2.20. The van der Waals surface area contributed by atoms with Crippen LogP contribution in [0.3, 0.4) is 0 Å². The first-order valence-electron chi connectivity index (χ1n) is 6.44. The molecule has 2 nitrogen and oxygen atoms in total. The second-order valence-corrected chi connectivity index (χ2v) is 5.26. The van der Waals surface area contributed by atoms with Gasteiger partial charge >= 0.3 is 0 Å². The van der Waals surface area contributed by atoms with Crippen molar-refractivity contribution in [1.82, 2.24) is 0 Å². The van der Waals surface area contributed by atoms with Gasteiger partial charge in [0.05, 0.1) is 5.75 Å². The van der Waals surface area contributed by atoms with E-state index >= 15 is 0 Å². The Morgan fingerprint density at radius 2 is 1.75 bits per heavy atom. The van der Waals surface area contributed by atoms with Crippen molar-refractivity contribution in [2.24, 2.45) is 0 Å². The van der Waals surface area contributed by atoms with Crippen LogP contribution in [0.4, 0.5) is 10.1 Å². The van der Waals surface area contributed by atoms with Gasteiger partial charge < -0.3 is 4.90 Å². The Bertz CT molecular complexity index is 556. The molecule has 2 aromatic rings. The zero-order valence-electron chi connectivity index (χ0n) is 11.3. The molecule has 0 aliphatic heterocycles. The van der Waals surface area contributed by atoms with Gasteiger partial charge in [0.15, 0.2) is 0 Å². The van der Waals surface area contributed by atoms with Gasteiger partial charge in [-0.1, -0.05) is 18.2 Å². The maximum absolute atomic E-state index is 12.8. The van der Waals surface area contributed by atoms with E-state index in [0.717, 1.165) is 10.6 Å². The molecular formula is C16H16FNOS. The molecule has 0 N–H and O–H groups in total. The zero-order valence-corrected chi connectivity index (χ0v) is 12.1. The van der Waals surface area contributed by atoms with Gasteiger partial charge in [-0.3, -0.25) is 4.79 Å². The van der Waals surface area contributed by atoms with E-state index < -0.39 is 0 Å². The van der Waals surface area contributed by atoms with Crippen molar-refractivity contribution in [1.29, 1.82) is 0 Å². The monoisotopic (exact) mass is 289 g/mol. The minimum Gasteiger partial charge on any atom is -0.312 e. The topological polar surface area (TPSA) is 20.3 Å². The van der Waals surface area contributed by atoms with E-state index in [1.165, 1.54) is 23.9 Å². The fourth-order valence-electron chi connectivity index (χ4n) is 1.86. The molecule has 20 heavy (non-hydrogen) atoms. The van der Waals surface area contributed by atoms with E-state index in [2.05, 4.69) is 0 Å². The molecule has 0 heterocycles. The molecule has 0 bridgehead atoms. The number of amides is 1. The third-order valence-corrected chi connectivity index (χ3v) is 3.86. The number of thioether (sulfide) groups is 1. The number of rotatable bonds is 5. The second-order valence-electron chi connectivity index (χ2n) is 4.22. The van der Waals surface area contributed by atoms with Gasteiger partial charge in [0.2, 0.25) is 5.91 Å². The maximum atomic E-state index is 12.8. The van der Waals surface area contributed by atoms with Crippen LogP contribution in [0, 0.1) is 5.82 Å². The minimum absolute atomic E-state index is 0.0491. The lowest BCUT2D eigenvalue weighted by molar-refractivity contribution is -0.116. The van der Waals surface area contributed by atoms with Crippen LogP contribution in [0.15, 0.2) is 59.5 Å². The van der Waals surface area contributed by atoms with Crippen LogP contribution >= 0.6 is 11.8 Å². The van der Waals surface area contributed by atoms with Gasteiger partial charge in [0.25, 0.3) is 0 Å². The normalized spacial score (nSPS) is 10.3. The lowest BCUT2D eigenvalue weighted by Crippen LogP contribution is -2.32. The summed E-state index contributed by atoms with van der Waals surface area (Å²) in [5.41, 5.74) is 0.903. The van der Waals surface area contributed by atoms with Gasteiger partial charge in [-0.05, 0) is 43.3 Å². The van der Waals surface area contributed by atoms with E-state index in [1.54, 1.807) is 17.0 Å². The molecule has 2 rings (SSSR count). The molecule has 4 heteroatoms. The van der Waals surface area contributed by atoms with E-state index in [1.807, 2.05) is 37.3 Å². The van der Waals surface area contributed by atoms with Crippen molar-refractivity contribution in [3.05, 3.63) is 60.4 Å². The summed E-state index contributed by atoms with van der Waals surface area (Å²) in [6.45, 7) is 2.58. The Kier molecular flexibility index (Phi) is 5.18. The molecule has 0 unspecified atom stereocenters. The molecule has 0 fully saturated rings. The van der Waals surface area contributed by atoms with E-state index in [4.69, 9.17) is 0 Å². The van der Waals surface area contributed by atoms with Crippen molar-refractivity contribution in [3.8, 4) is 0 Å². The Morgan fingerprint density at radius 3 is 2.35 bits per heavy atom. The summed E-state index contributed by atoms with van der Waals surface area (Å²) in [5.74, 6) is 0.127. The Morgan fingerprint density at radius 1 is 1.10 bits per heavy atom. The summed E-state index contributed by atoms with van der Waals surface area (Å²) in [6.07, 6.45) is 0. The van der Waals surface area contributed by atoms with Gasteiger partial charge in [-0.15, -0.1) is 11.8 Å². The van der Waals surface area contributed by atoms with Crippen LogP contribution in [-0.4, -0.2) is 18.2 Å². The molecule has 1 amide bonds. The second kappa shape index (κ2) is 7.10. The highest BCUT2D eigenvalue weighted by molar-refractivity contribution is 8.00. The molecule has 2 aromatic carbocycles. The summed E-state index contributed by atoms with van der Waals surface area (Å²) in [7, 11) is 0. The highest BCUT2D eigenvalue weighted by Crippen LogP contribution is 2.20. The number of nitrogens with zero attached hydrogens (tertiary/aromatic N) is 1. The molecule has 0 spiro atoms. The Hall–Kier alpha value is -1.81. The van der Waals surface area contributed by atoms with Crippen molar-refractivity contribution in [2.75, 3.05) is 17.2 Å². The molecule has 0 saturated heterocycles. The smallest absolute Gasteiger partial charge is 0.237 e. The van der Waals surface area contributed by atoms with Crippen molar-refractivity contribution in [3.63, 3.8) is 0 Å². The van der Waals surface area contributed by atoms with Gasteiger partial charge in [-0.25, -0.2) is 4.39 Å². The molecule has 0 aliphatic rings. The highest BCUT2D eigenvalue weighted by Gasteiger charge is 2.13. The van der Waals surface area contributed by atoms with E-state index in [-0.39, 0.29) is 11.7 Å². The SMILES string of the molecule is CCN(C(=O)CSc1ccc(F)cc1)c1ccccc1. The van der Waals surface area contributed by atoms with E-state index in [9.17, 15) is 9.18 Å². The summed E-state index contributed by atoms with van der Waals surface area (Å²) in [4.78, 5) is 14.9. The molecule has 0 radical (unpaired) electrons. The van der Waals surface area contributed by atoms with Crippen molar-refractivity contribution in [2.45, 2.75) is 11.8 Å². The summed E-state index contributed by atoms with van der Waals surface area (Å²) >= 11 is 1.42. The van der Waals surface area contributed by atoms with Crippen LogP contribution in [0.1, 0.15) is 6.92 Å². The summed E-state index contributed by atoms with van der Waals surface area (Å²) in [6, 6.07) is 15.8. The number of hydrogen-bond acceptors (Lipinski definition) is 2. The number of anilines is 1. The molecule has 0 saturated carbocycles. The largest absolute Gasteiger partial charge is 0.312 e. The van der Waals surface area contributed by atoms with E-state index in [0.29, 0.717) is 12.3 Å². The number of halogens is 1. The first-order valence-corrected chi connectivity index (χ1v) is 7.43. The van der Waals surface area contributed by atoms with Crippen molar-refractivity contribution >= 4 is 23.4 Å². The summed E-state index contributed by atoms with van der Waals surface area (Å²) in [5, 5.41) is 0.